The number of benzene rings is 1. The van der Waals surface area contributed by atoms with E-state index in [1.165, 1.54) is 24.3 Å². The van der Waals surface area contributed by atoms with Gasteiger partial charge in [-0.1, -0.05) is 22.6 Å². The molecule has 0 aliphatic carbocycles. The molecule has 1 aromatic rings. The first-order chi connectivity index (χ1) is 7.76. The third-order valence-electron chi connectivity index (χ3n) is 1.89. The molecule has 17 heavy (non-hydrogen) atoms. The van der Waals surface area contributed by atoms with Crippen LogP contribution in [0, 0.1) is 0 Å². The highest BCUT2D eigenvalue weighted by Gasteiger charge is 2.18. The number of rotatable bonds is 4. The molecule has 0 amide bonds. The van der Waals surface area contributed by atoms with E-state index < -0.39 is 25.6 Å². The van der Waals surface area contributed by atoms with Crippen molar-refractivity contribution in [3.8, 4) is 0 Å². The molecule has 0 saturated heterocycles. The minimum atomic E-state index is -4.03. The van der Waals surface area contributed by atoms with Crippen molar-refractivity contribution < 1.29 is 21.6 Å². The quantitative estimate of drug-likeness (QED) is 0.579. The smallest absolute Gasteiger partial charge is 0.224 e. The summed E-state index contributed by atoms with van der Waals surface area (Å²) in [7, 11) is -7.56. The summed E-state index contributed by atoms with van der Waals surface area (Å²) in [5.74, 6) is -0.647. The van der Waals surface area contributed by atoms with Crippen LogP contribution in [0.4, 0.5) is 0 Å². The molecule has 0 aliphatic rings. The molecule has 0 heterocycles. The summed E-state index contributed by atoms with van der Waals surface area (Å²) in [6.45, 7) is 0. The third kappa shape index (κ3) is 3.77. The molecule has 0 fully saturated rings. The fraction of sp³-hybridized carbons (Fsp3) is 0.222. The van der Waals surface area contributed by atoms with Gasteiger partial charge in [0.25, 0.3) is 16.1 Å². The van der Waals surface area contributed by atoms with Gasteiger partial charge in [0, 0.05) is 6.26 Å². The summed E-state index contributed by atoms with van der Waals surface area (Å²) < 4.78 is 47.9. The molecule has 8 heteroatoms. The van der Waals surface area contributed by atoms with Crippen LogP contribution >= 0.6 is 0 Å². The van der Waals surface area contributed by atoms with Gasteiger partial charge in [-0.15, -0.1) is 0 Å². The Morgan fingerprint density at radius 1 is 1.18 bits per heavy atom. The molecule has 6 nitrogen and oxygen atoms in total. The second-order valence-electron chi connectivity index (χ2n) is 3.29. The van der Waals surface area contributed by atoms with Crippen LogP contribution in [0.25, 0.3) is 0 Å². The molecule has 1 aromatic carbocycles. The van der Waals surface area contributed by atoms with Crippen molar-refractivity contribution in [1.29, 1.82) is 0 Å². The van der Waals surface area contributed by atoms with E-state index in [1.807, 2.05) is 0 Å². The van der Waals surface area contributed by atoms with E-state index in [4.69, 9.17) is 0 Å². The zero-order chi connectivity index (χ0) is 13.1. The normalized spacial score (nSPS) is 11.8. The fourth-order valence-electron chi connectivity index (χ4n) is 1.27. The largest absolute Gasteiger partial charge is 0.267 e. The van der Waals surface area contributed by atoms with Crippen molar-refractivity contribution in [3.05, 3.63) is 29.8 Å². The molecule has 92 valence electrons. The van der Waals surface area contributed by atoms with Crippen molar-refractivity contribution in [2.24, 2.45) is 4.40 Å². The number of carbonyl (C=O) groups excluding carboxylic acids is 1. The maximum absolute atomic E-state index is 11.4. The van der Waals surface area contributed by atoms with Gasteiger partial charge >= 0.3 is 0 Å². The summed E-state index contributed by atoms with van der Waals surface area (Å²) in [5, 5.41) is 0. The SMILES string of the molecule is CS(=O)(=O)c1ccccc1CS(=O)(=O)N=C=O. The molecule has 0 saturated carbocycles. The highest BCUT2D eigenvalue weighted by molar-refractivity contribution is 7.91. The first-order valence-corrected chi connectivity index (χ1v) is 7.86. The zero-order valence-electron chi connectivity index (χ0n) is 8.82. The Bertz CT molecular complexity index is 669. The lowest BCUT2D eigenvalue weighted by Crippen LogP contribution is -2.07. The Balaban J connectivity index is 3.31. The van der Waals surface area contributed by atoms with E-state index in [1.54, 1.807) is 0 Å². The van der Waals surface area contributed by atoms with Crippen molar-refractivity contribution in [2.75, 3.05) is 6.26 Å². The molecule has 0 atom stereocenters. The second kappa shape index (κ2) is 4.79. The van der Waals surface area contributed by atoms with Crippen LogP contribution in [-0.2, 0) is 30.4 Å². The second-order valence-corrected chi connectivity index (χ2v) is 6.91. The maximum Gasteiger partial charge on any atom is 0.267 e. The van der Waals surface area contributed by atoms with Crippen LogP contribution < -0.4 is 0 Å². The molecule has 0 spiro atoms. The highest BCUT2D eigenvalue weighted by atomic mass is 32.2. The van der Waals surface area contributed by atoms with E-state index in [0.29, 0.717) is 0 Å². The van der Waals surface area contributed by atoms with Crippen LogP contribution in [0.3, 0.4) is 0 Å². The average molecular weight is 275 g/mol. The Kier molecular flexibility index (Phi) is 3.82. The first kappa shape index (κ1) is 13.6. The van der Waals surface area contributed by atoms with Gasteiger partial charge in [-0.2, -0.15) is 0 Å². The Morgan fingerprint density at radius 2 is 1.76 bits per heavy atom. The monoisotopic (exact) mass is 275 g/mol. The molecule has 0 aliphatic heterocycles. The molecular weight excluding hydrogens is 266 g/mol. The van der Waals surface area contributed by atoms with Crippen LogP contribution in [0.15, 0.2) is 33.6 Å². The van der Waals surface area contributed by atoms with Crippen LogP contribution in [0.5, 0.6) is 0 Å². The Hall–Kier alpha value is -1.50. The van der Waals surface area contributed by atoms with E-state index in [2.05, 4.69) is 4.40 Å². The van der Waals surface area contributed by atoms with E-state index in [9.17, 15) is 21.6 Å². The Morgan fingerprint density at radius 3 is 2.29 bits per heavy atom. The van der Waals surface area contributed by atoms with Gasteiger partial charge in [0.1, 0.15) is 0 Å². The fourth-order valence-corrected chi connectivity index (χ4v) is 3.13. The van der Waals surface area contributed by atoms with Crippen molar-refractivity contribution in [1.82, 2.24) is 0 Å². The van der Waals surface area contributed by atoms with E-state index >= 15 is 0 Å². The van der Waals surface area contributed by atoms with Gasteiger partial charge in [0.2, 0.25) is 0 Å². The minimum absolute atomic E-state index is 0.0778. The van der Waals surface area contributed by atoms with Crippen LogP contribution in [0.2, 0.25) is 0 Å². The predicted molar refractivity (Wildman–Crippen MR) is 60.3 cm³/mol. The molecular formula is C9H9NO5S2. The lowest BCUT2D eigenvalue weighted by atomic mass is 10.2. The zero-order valence-corrected chi connectivity index (χ0v) is 10.5. The number of sulfonamides is 1. The minimum Gasteiger partial charge on any atom is -0.224 e. The van der Waals surface area contributed by atoms with E-state index in [0.717, 1.165) is 12.3 Å². The number of isocyanates is 1. The van der Waals surface area contributed by atoms with Gasteiger partial charge in [-0.3, -0.25) is 0 Å². The topological polar surface area (TPSA) is 97.7 Å². The summed E-state index contributed by atoms with van der Waals surface area (Å²) >= 11 is 0. The van der Waals surface area contributed by atoms with Crippen molar-refractivity contribution in [2.45, 2.75) is 10.6 Å². The van der Waals surface area contributed by atoms with Gasteiger partial charge in [-0.05, 0) is 11.6 Å². The first-order valence-electron chi connectivity index (χ1n) is 4.36. The van der Waals surface area contributed by atoms with Crippen LogP contribution in [-0.4, -0.2) is 29.2 Å². The number of sulfone groups is 1. The van der Waals surface area contributed by atoms with Gasteiger partial charge in [0.05, 0.1) is 10.6 Å². The molecule has 0 bridgehead atoms. The van der Waals surface area contributed by atoms with E-state index in [-0.39, 0.29) is 10.5 Å². The lowest BCUT2D eigenvalue weighted by Gasteiger charge is -2.05. The van der Waals surface area contributed by atoms with Crippen molar-refractivity contribution in [3.63, 3.8) is 0 Å². The average Bonchev–Trinajstić information content (AvgIpc) is 2.15. The summed E-state index contributed by atoms with van der Waals surface area (Å²) in [6, 6.07) is 5.64. The summed E-state index contributed by atoms with van der Waals surface area (Å²) in [5.41, 5.74) is 0.0778. The van der Waals surface area contributed by atoms with Gasteiger partial charge in [-0.25, -0.2) is 21.6 Å². The molecule has 0 aromatic heterocycles. The summed E-state index contributed by atoms with van der Waals surface area (Å²) in [6.07, 6.45) is 1.90. The highest BCUT2D eigenvalue weighted by Crippen LogP contribution is 2.18. The predicted octanol–water partition coefficient (Wildman–Crippen LogP) is 0.256. The number of nitrogens with zero attached hydrogens (tertiary/aromatic N) is 1. The van der Waals surface area contributed by atoms with Gasteiger partial charge < -0.3 is 0 Å². The standard InChI is InChI=1S/C9H9NO5S2/c1-16(12,13)9-5-3-2-4-8(9)6-17(14,15)10-7-11/h2-5H,6H2,1H3. The van der Waals surface area contributed by atoms with Crippen LogP contribution in [0.1, 0.15) is 5.56 Å². The van der Waals surface area contributed by atoms with Crippen molar-refractivity contribution >= 4 is 25.9 Å². The molecule has 0 radical (unpaired) electrons. The molecule has 0 unspecified atom stereocenters. The molecule has 0 N–H and O–H groups in total. The number of hydrogen-bond acceptors (Lipinski definition) is 5. The number of hydrogen-bond donors (Lipinski definition) is 0. The Labute approximate surface area is 99.0 Å². The third-order valence-corrected chi connectivity index (χ3v) is 4.11. The lowest BCUT2D eigenvalue weighted by molar-refractivity contribution is 0.563. The maximum atomic E-state index is 11.4. The molecule has 1 rings (SSSR count). The summed E-state index contributed by atoms with van der Waals surface area (Å²) in [4.78, 5) is 9.81. The van der Waals surface area contributed by atoms with Gasteiger partial charge in [0.15, 0.2) is 9.84 Å².